The van der Waals surface area contributed by atoms with Crippen LogP contribution in [-0.4, -0.2) is 33.1 Å². The van der Waals surface area contributed by atoms with E-state index in [9.17, 15) is 4.79 Å². The van der Waals surface area contributed by atoms with Gasteiger partial charge in [-0.25, -0.2) is 0 Å². The number of carbonyl (C=O) groups excluding carboxylic acids is 1. The standard InChI is InChI=1S/C16H19N3OS/c1-14(20)19(13-15-5-2-3-8-18-15)11-4-12-21-16-6-9-17-10-7-16/h2-3,5-10H,4,11-13H2,1H3. The molecule has 0 saturated heterocycles. The van der Waals surface area contributed by atoms with E-state index in [2.05, 4.69) is 9.97 Å². The number of nitrogens with zero attached hydrogens (tertiary/aromatic N) is 3. The summed E-state index contributed by atoms with van der Waals surface area (Å²) in [6.45, 7) is 2.94. The highest BCUT2D eigenvalue weighted by Gasteiger charge is 2.09. The van der Waals surface area contributed by atoms with Crippen molar-refractivity contribution < 1.29 is 4.79 Å². The molecule has 0 N–H and O–H groups in total. The molecule has 21 heavy (non-hydrogen) atoms. The molecule has 0 aliphatic heterocycles. The molecule has 110 valence electrons. The van der Waals surface area contributed by atoms with Crippen molar-refractivity contribution in [3.05, 3.63) is 54.6 Å². The summed E-state index contributed by atoms with van der Waals surface area (Å²) in [5, 5.41) is 0. The van der Waals surface area contributed by atoms with Crippen LogP contribution in [0.4, 0.5) is 0 Å². The number of carbonyl (C=O) groups is 1. The first-order valence-corrected chi connectivity index (χ1v) is 7.92. The molecule has 0 saturated carbocycles. The van der Waals surface area contributed by atoms with Gasteiger partial charge in [-0.3, -0.25) is 14.8 Å². The zero-order chi connectivity index (χ0) is 14.9. The van der Waals surface area contributed by atoms with Crippen molar-refractivity contribution in [3.63, 3.8) is 0 Å². The van der Waals surface area contributed by atoms with E-state index in [1.54, 1.807) is 37.3 Å². The molecule has 0 bridgehead atoms. The monoisotopic (exact) mass is 301 g/mol. The Kier molecular flexibility index (Phi) is 6.22. The molecule has 0 spiro atoms. The van der Waals surface area contributed by atoms with Gasteiger partial charge in [0, 0.05) is 37.0 Å². The predicted octanol–water partition coefficient (Wildman–Crippen LogP) is 3.01. The first kappa shape index (κ1) is 15.5. The van der Waals surface area contributed by atoms with Gasteiger partial charge in [0.1, 0.15) is 0 Å². The van der Waals surface area contributed by atoms with Gasteiger partial charge in [0.2, 0.25) is 5.91 Å². The molecule has 4 nitrogen and oxygen atoms in total. The smallest absolute Gasteiger partial charge is 0.219 e. The van der Waals surface area contributed by atoms with Crippen LogP contribution in [0, 0.1) is 0 Å². The molecular formula is C16H19N3OS. The van der Waals surface area contributed by atoms with Gasteiger partial charge >= 0.3 is 0 Å². The summed E-state index contributed by atoms with van der Waals surface area (Å²) in [6, 6.07) is 9.77. The maximum atomic E-state index is 11.7. The van der Waals surface area contributed by atoms with Gasteiger partial charge in [0.05, 0.1) is 12.2 Å². The minimum Gasteiger partial charge on any atom is -0.337 e. The second-order valence-electron chi connectivity index (χ2n) is 4.65. The highest BCUT2D eigenvalue weighted by molar-refractivity contribution is 7.99. The highest BCUT2D eigenvalue weighted by Crippen LogP contribution is 2.17. The van der Waals surface area contributed by atoms with E-state index >= 15 is 0 Å². The van der Waals surface area contributed by atoms with Gasteiger partial charge in [-0.1, -0.05) is 6.07 Å². The van der Waals surface area contributed by atoms with Crippen LogP contribution >= 0.6 is 11.8 Å². The molecule has 0 unspecified atom stereocenters. The van der Waals surface area contributed by atoms with Crippen LogP contribution in [0.15, 0.2) is 53.8 Å². The van der Waals surface area contributed by atoms with Crippen molar-refractivity contribution in [3.8, 4) is 0 Å². The Morgan fingerprint density at radius 2 is 2.00 bits per heavy atom. The summed E-state index contributed by atoms with van der Waals surface area (Å²) in [6.07, 6.45) is 6.31. The number of hydrogen-bond acceptors (Lipinski definition) is 4. The SMILES string of the molecule is CC(=O)N(CCCSc1ccncc1)Cc1ccccn1. The van der Waals surface area contributed by atoms with Crippen LogP contribution in [0.2, 0.25) is 0 Å². The molecule has 5 heteroatoms. The summed E-state index contributed by atoms with van der Waals surface area (Å²) in [5.41, 5.74) is 0.925. The summed E-state index contributed by atoms with van der Waals surface area (Å²) < 4.78 is 0. The third kappa shape index (κ3) is 5.55. The topological polar surface area (TPSA) is 46.1 Å². The van der Waals surface area contributed by atoms with E-state index in [4.69, 9.17) is 0 Å². The van der Waals surface area contributed by atoms with Gasteiger partial charge in [-0.05, 0) is 36.4 Å². The fourth-order valence-electron chi connectivity index (χ4n) is 1.91. The molecule has 0 aliphatic rings. The van der Waals surface area contributed by atoms with Crippen LogP contribution in [0.1, 0.15) is 19.0 Å². The molecule has 2 heterocycles. The normalized spacial score (nSPS) is 10.3. The minimum atomic E-state index is 0.0922. The Balaban J connectivity index is 1.77. The molecule has 0 aliphatic carbocycles. The molecule has 1 amide bonds. The third-order valence-corrected chi connectivity index (χ3v) is 4.11. The quantitative estimate of drug-likeness (QED) is 0.582. The zero-order valence-electron chi connectivity index (χ0n) is 12.1. The van der Waals surface area contributed by atoms with Crippen LogP contribution in [-0.2, 0) is 11.3 Å². The van der Waals surface area contributed by atoms with E-state index in [0.717, 1.165) is 24.4 Å². The molecule has 0 aromatic carbocycles. The molecule has 0 fully saturated rings. The Hall–Kier alpha value is -1.88. The highest BCUT2D eigenvalue weighted by atomic mass is 32.2. The van der Waals surface area contributed by atoms with E-state index in [-0.39, 0.29) is 5.91 Å². The minimum absolute atomic E-state index is 0.0922. The molecule has 0 atom stereocenters. The molecule has 2 rings (SSSR count). The Labute approximate surface area is 129 Å². The van der Waals surface area contributed by atoms with Crippen molar-refractivity contribution in [1.82, 2.24) is 14.9 Å². The summed E-state index contributed by atoms with van der Waals surface area (Å²) in [4.78, 5) is 23.0. The third-order valence-electron chi connectivity index (χ3n) is 3.02. The van der Waals surface area contributed by atoms with Gasteiger partial charge in [0.25, 0.3) is 0 Å². The van der Waals surface area contributed by atoms with Crippen molar-refractivity contribution >= 4 is 17.7 Å². The number of hydrogen-bond donors (Lipinski definition) is 0. The number of rotatable bonds is 7. The van der Waals surface area contributed by atoms with Gasteiger partial charge in [0.15, 0.2) is 0 Å². The molecule has 2 aromatic rings. The number of aromatic nitrogens is 2. The summed E-state index contributed by atoms with van der Waals surface area (Å²) in [5.74, 6) is 1.07. The molecule has 0 radical (unpaired) electrons. The van der Waals surface area contributed by atoms with Crippen LogP contribution in [0.5, 0.6) is 0 Å². The van der Waals surface area contributed by atoms with E-state index in [0.29, 0.717) is 6.54 Å². The fourth-order valence-corrected chi connectivity index (χ4v) is 2.74. The Bertz CT molecular complexity index is 548. The maximum absolute atomic E-state index is 11.7. The fraction of sp³-hybridized carbons (Fsp3) is 0.312. The number of amides is 1. The lowest BCUT2D eigenvalue weighted by Gasteiger charge is -2.20. The second-order valence-corrected chi connectivity index (χ2v) is 5.81. The Morgan fingerprint density at radius 3 is 2.67 bits per heavy atom. The summed E-state index contributed by atoms with van der Waals surface area (Å²) in [7, 11) is 0. The van der Waals surface area contributed by atoms with Crippen LogP contribution in [0.3, 0.4) is 0 Å². The van der Waals surface area contributed by atoms with Crippen molar-refractivity contribution in [1.29, 1.82) is 0 Å². The van der Waals surface area contributed by atoms with E-state index in [1.807, 2.05) is 35.2 Å². The van der Waals surface area contributed by atoms with Gasteiger partial charge in [-0.2, -0.15) is 0 Å². The van der Waals surface area contributed by atoms with Crippen molar-refractivity contribution in [2.45, 2.75) is 24.8 Å². The predicted molar refractivity (Wildman–Crippen MR) is 84.9 cm³/mol. The average Bonchev–Trinajstić information content (AvgIpc) is 2.52. The first-order valence-electron chi connectivity index (χ1n) is 6.94. The Morgan fingerprint density at radius 1 is 1.19 bits per heavy atom. The molecule has 2 aromatic heterocycles. The van der Waals surface area contributed by atoms with Crippen molar-refractivity contribution in [2.24, 2.45) is 0 Å². The average molecular weight is 301 g/mol. The second kappa shape index (κ2) is 8.42. The van der Waals surface area contributed by atoms with E-state index < -0.39 is 0 Å². The molecular weight excluding hydrogens is 282 g/mol. The number of thioether (sulfide) groups is 1. The summed E-state index contributed by atoms with van der Waals surface area (Å²) >= 11 is 1.79. The van der Waals surface area contributed by atoms with Gasteiger partial charge in [-0.15, -0.1) is 11.8 Å². The number of pyridine rings is 2. The van der Waals surface area contributed by atoms with Crippen LogP contribution in [0.25, 0.3) is 0 Å². The van der Waals surface area contributed by atoms with Crippen LogP contribution < -0.4 is 0 Å². The lowest BCUT2D eigenvalue weighted by Crippen LogP contribution is -2.29. The lowest BCUT2D eigenvalue weighted by molar-refractivity contribution is -0.129. The first-order chi connectivity index (χ1) is 10.3. The zero-order valence-corrected chi connectivity index (χ0v) is 12.9. The maximum Gasteiger partial charge on any atom is 0.219 e. The van der Waals surface area contributed by atoms with E-state index in [1.165, 1.54) is 4.90 Å². The largest absolute Gasteiger partial charge is 0.337 e. The lowest BCUT2D eigenvalue weighted by atomic mass is 10.3. The van der Waals surface area contributed by atoms with Gasteiger partial charge < -0.3 is 4.90 Å². The van der Waals surface area contributed by atoms with Crippen molar-refractivity contribution in [2.75, 3.05) is 12.3 Å².